The number of nitrogens with zero attached hydrogens (tertiary/aromatic N) is 2. The van der Waals surface area contributed by atoms with Gasteiger partial charge in [-0.2, -0.15) is 11.3 Å². The van der Waals surface area contributed by atoms with Crippen LogP contribution in [-0.2, 0) is 11.3 Å². The summed E-state index contributed by atoms with van der Waals surface area (Å²) in [6.07, 6.45) is 4.32. The van der Waals surface area contributed by atoms with Crippen molar-refractivity contribution in [3.05, 3.63) is 22.4 Å². The molecule has 1 aliphatic carbocycles. The first-order valence-electron chi connectivity index (χ1n) is 8.02. The average Bonchev–Trinajstić information content (AvgIpc) is 3.01. The molecule has 1 aromatic rings. The second-order valence-corrected chi connectivity index (χ2v) is 7.07. The van der Waals surface area contributed by atoms with Crippen molar-refractivity contribution in [3.63, 3.8) is 0 Å². The summed E-state index contributed by atoms with van der Waals surface area (Å²) in [6, 6.07) is 2.26. The Balaban J connectivity index is 1.49. The summed E-state index contributed by atoms with van der Waals surface area (Å²) in [5.74, 6) is 0.375. The van der Waals surface area contributed by atoms with Gasteiger partial charge in [0.2, 0.25) is 5.91 Å². The number of hydrogen-bond donors (Lipinski definition) is 1. The predicted octanol–water partition coefficient (Wildman–Crippen LogP) is 1.91. The van der Waals surface area contributed by atoms with Crippen LogP contribution in [0.15, 0.2) is 16.8 Å². The molecule has 2 atom stereocenters. The summed E-state index contributed by atoms with van der Waals surface area (Å²) in [6.45, 7) is 4.67. The number of carbonyl (C=O) groups excluding carboxylic acids is 1. The standard InChI is InChI=1S/C16H25N3OS/c17-15-4-2-1-3-14(15)16(20)19-8-6-18(7-9-19)11-13-5-10-21-12-13/h5,10,12,14-15H,1-4,6-9,11,17H2. The van der Waals surface area contributed by atoms with Crippen molar-refractivity contribution in [2.75, 3.05) is 26.2 Å². The Morgan fingerprint density at radius 3 is 2.67 bits per heavy atom. The Morgan fingerprint density at radius 1 is 1.24 bits per heavy atom. The Hall–Kier alpha value is -0.910. The van der Waals surface area contributed by atoms with E-state index in [2.05, 4.69) is 21.7 Å². The first-order chi connectivity index (χ1) is 10.2. The third-order valence-electron chi connectivity index (χ3n) is 4.81. The Labute approximate surface area is 130 Å². The first-order valence-corrected chi connectivity index (χ1v) is 8.96. The molecule has 1 aromatic heterocycles. The van der Waals surface area contributed by atoms with Crippen molar-refractivity contribution in [2.45, 2.75) is 38.3 Å². The second-order valence-electron chi connectivity index (χ2n) is 6.29. The van der Waals surface area contributed by atoms with E-state index in [0.29, 0.717) is 5.91 Å². The highest BCUT2D eigenvalue weighted by atomic mass is 32.1. The van der Waals surface area contributed by atoms with Gasteiger partial charge < -0.3 is 10.6 Å². The van der Waals surface area contributed by atoms with Crippen LogP contribution in [0.2, 0.25) is 0 Å². The molecule has 0 spiro atoms. The molecule has 21 heavy (non-hydrogen) atoms. The number of piperazine rings is 1. The maximum Gasteiger partial charge on any atom is 0.227 e. The third-order valence-corrected chi connectivity index (χ3v) is 5.54. The topological polar surface area (TPSA) is 49.6 Å². The van der Waals surface area contributed by atoms with E-state index in [0.717, 1.165) is 52.0 Å². The summed E-state index contributed by atoms with van der Waals surface area (Å²) >= 11 is 1.75. The third kappa shape index (κ3) is 3.65. The fourth-order valence-electron chi connectivity index (χ4n) is 3.47. The molecule has 0 aromatic carbocycles. The highest BCUT2D eigenvalue weighted by Crippen LogP contribution is 2.25. The van der Waals surface area contributed by atoms with Gasteiger partial charge in [0.15, 0.2) is 0 Å². The summed E-state index contributed by atoms with van der Waals surface area (Å²) in [5.41, 5.74) is 7.53. The van der Waals surface area contributed by atoms with Gasteiger partial charge in [0, 0.05) is 38.8 Å². The molecule has 2 fully saturated rings. The highest BCUT2D eigenvalue weighted by molar-refractivity contribution is 7.07. The highest BCUT2D eigenvalue weighted by Gasteiger charge is 2.32. The summed E-state index contributed by atoms with van der Waals surface area (Å²) in [4.78, 5) is 17.1. The predicted molar refractivity (Wildman–Crippen MR) is 86.1 cm³/mol. The molecule has 2 unspecified atom stereocenters. The largest absolute Gasteiger partial charge is 0.340 e. The maximum absolute atomic E-state index is 12.6. The molecular weight excluding hydrogens is 282 g/mol. The second kappa shape index (κ2) is 6.90. The van der Waals surface area contributed by atoms with Gasteiger partial charge in [0.25, 0.3) is 0 Å². The minimum absolute atomic E-state index is 0.0715. The summed E-state index contributed by atoms with van der Waals surface area (Å²) < 4.78 is 0. The molecule has 2 aliphatic rings. The monoisotopic (exact) mass is 307 g/mol. The molecule has 3 rings (SSSR count). The average molecular weight is 307 g/mol. The van der Waals surface area contributed by atoms with E-state index >= 15 is 0 Å². The van der Waals surface area contributed by atoms with Crippen LogP contribution in [0.5, 0.6) is 0 Å². The van der Waals surface area contributed by atoms with Crippen LogP contribution in [0.1, 0.15) is 31.2 Å². The first kappa shape index (κ1) is 15.0. The molecule has 4 nitrogen and oxygen atoms in total. The van der Waals surface area contributed by atoms with Gasteiger partial charge in [-0.3, -0.25) is 9.69 Å². The fraction of sp³-hybridized carbons (Fsp3) is 0.688. The van der Waals surface area contributed by atoms with Gasteiger partial charge in [-0.1, -0.05) is 12.8 Å². The molecule has 1 aliphatic heterocycles. The number of thiophene rings is 1. The zero-order valence-corrected chi connectivity index (χ0v) is 13.4. The van der Waals surface area contributed by atoms with Gasteiger partial charge in [0.05, 0.1) is 5.92 Å². The lowest BCUT2D eigenvalue weighted by Gasteiger charge is -2.38. The minimum atomic E-state index is 0.0715. The van der Waals surface area contributed by atoms with Crippen molar-refractivity contribution >= 4 is 17.2 Å². The lowest BCUT2D eigenvalue weighted by Crippen LogP contribution is -2.53. The van der Waals surface area contributed by atoms with Crippen molar-refractivity contribution in [3.8, 4) is 0 Å². The lowest BCUT2D eigenvalue weighted by atomic mass is 9.84. The maximum atomic E-state index is 12.6. The number of carbonyl (C=O) groups is 1. The molecule has 1 saturated carbocycles. The van der Waals surface area contributed by atoms with Crippen molar-refractivity contribution in [1.82, 2.24) is 9.80 Å². The van der Waals surface area contributed by atoms with Crippen LogP contribution in [0.3, 0.4) is 0 Å². The zero-order chi connectivity index (χ0) is 14.7. The van der Waals surface area contributed by atoms with E-state index in [9.17, 15) is 4.79 Å². The van der Waals surface area contributed by atoms with E-state index < -0.39 is 0 Å². The van der Waals surface area contributed by atoms with Gasteiger partial charge in [-0.05, 0) is 35.2 Å². The van der Waals surface area contributed by atoms with Crippen LogP contribution in [0.4, 0.5) is 0 Å². The molecule has 1 saturated heterocycles. The quantitative estimate of drug-likeness (QED) is 0.928. The van der Waals surface area contributed by atoms with Gasteiger partial charge in [0.1, 0.15) is 0 Å². The Morgan fingerprint density at radius 2 is 2.00 bits per heavy atom. The molecule has 1 amide bonds. The summed E-state index contributed by atoms with van der Waals surface area (Å²) in [7, 11) is 0. The summed E-state index contributed by atoms with van der Waals surface area (Å²) in [5, 5.41) is 4.33. The van der Waals surface area contributed by atoms with Crippen LogP contribution in [-0.4, -0.2) is 47.9 Å². The molecule has 116 valence electrons. The zero-order valence-electron chi connectivity index (χ0n) is 12.5. The van der Waals surface area contributed by atoms with E-state index in [-0.39, 0.29) is 12.0 Å². The number of rotatable bonds is 3. The van der Waals surface area contributed by atoms with E-state index in [1.54, 1.807) is 11.3 Å². The van der Waals surface area contributed by atoms with Crippen molar-refractivity contribution < 1.29 is 4.79 Å². The molecule has 5 heteroatoms. The van der Waals surface area contributed by atoms with Crippen molar-refractivity contribution in [2.24, 2.45) is 11.7 Å². The molecular formula is C16H25N3OS. The van der Waals surface area contributed by atoms with Crippen LogP contribution >= 0.6 is 11.3 Å². The Bertz CT molecular complexity index is 454. The van der Waals surface area contributed by atoms with Crippen LogP contribution in [0.25, 0.3) is 0 Å². The minimum Gasteiger partial charge on any atom is -0.340 e. The van der Waals surface area contributed by atoms with Crippen molar-refractivity contribution in [1.29, 1.82) is 0 Å². The SMILES string of the molecule is NC1CCCCC1C(=O)N1CCN(Cc2ccsc2)CC1. The fourth-order valence-corrected chi connectivity index (χ4v) is 4.13. The van der Waals surface area contributed by atoms with Gasteiger partial charge in [-0.25, -0.2) is 0 Å². The molecule has 0 bridgehead atoms. The molecule has 2 N–H and O–H groups in total. The van der Waals surface area contributed by atoms with E-state index in [1.165, 1.54) is 12.0 Å². The number of hydrogen-bond acceptors (Lipinski definition) is 4. The van der Waals surface area contributed by atoms with Gasteiger partial charge >= 0.3 is 0 Å². The normalized spacial score (nSPS) is 27.8. The Kier molecular flexibility index (Phi) is 4.93. The van der Waals surface area contributed by atoms with Gasteiger partial charge in [-0.15, -0.1) is 0 Å². The lowest BCUT2D eigenvalue weighted by molar-refractivity contribution is -0.139. The van der Waals surface area contributed by atoms with Crippen LogP contribution in [0, 0.1) is 5.92 Å². The number of amides is 1. The van der Waals surface area contributed by atoms with Crippen LogP contribution < -0.4 is 5.73 Å². The number of nitrogens with two attached hydrogens (primary N) is 1. The molecule has 2 heterocycles. The smallest absolute Gasteiger partial charge is 0.227 e. The van der Waals surface area contributed by atoms with E-state index in [1.807, 2.05) is 4.90 Å². The molecule has 0 radical (unpaired) electrons. The van der Waals surface area contributed by atoms with E-state index in [4.69, 9.17) is 5.73 Å².